The van der Waals surface area contributed by atoms with Crippen molar-refractivity contribution in [2.45, 2.75) is 52.2 Å². The van der Waals surface area contributed by atoms with Crippen LogP contribution in [0, 0.1) is 0 Å². The Balaban J connectivity index is 0.00000261. The molecule has 2 aromatic rings. The van der Waals surface area contributed by atoms with Crippen LogP contribution < -0.4 is 15.4 Å². The lowest BCUT2D eigenvalue weighted by molar-refractivity contribution is 0.305. The van der Waals surface area contributed by atoms with Gasteiger partial charge in [-0.25, -0.2) is 19.6 Å². The number of aromatic nitrogens is 4. The van der Waals surface area contributed by atoms with Crippen molar-refractivity contribution in [1.82, 2.24) is 30.4 Å². The molecular weight excluding hydrogens is 457 g/mol. The molecule has 0 spiro atoms. The zero-order valence-corrected chi connectivity index (χ0v) is 18.2. The quantitative estimate of drug-likeness (QED) is 0.355. The molecule has 0 aliphatic carbocycles. The van der Waals surface area contributed by atoms with Crippen LogP contribution in [0.15, 0.2) is 29.6 Å². The summed E-state index contributed by atoms with van der Waals surface area (Å²) in [6.45, 7) is 7.02. The third-order valence-corrected chi connectivity index (χ3v) is 4.16. The number of hydrogen-bond donors (Lipinski definition) is 2. The number of aliphatic imine (C=N–C) groups is 1. The van der Waals surface area contributed by atoms with Gasteiger partial charge in [0.1, 0.15) is 12.2 Å². The van der Waals surface area contributed by atoms with Gasteiger partial charge in [0.05, 0.1) is 19.7 Å². The van der Waals surface area contributed by atoms with Gasteiger partial charge in [-0.3, -0.25) is 0 Å². The minimum absolute atomic E-state index is 0. The normalized spacial score (nSPS) is 16.2. The lowest BCUT2D eigenvalue weighted by Gasteiger charge is -2.25. The Labute approximate surface area is 177 Å². The van der Waals surface area contributed by atoms with Gasteiger partial charge in [-0.1, -0.05) is 13.0 Å². The van der Waals surface area contributed by atoms with Gasteiger partial charge in [0.25, 0.3) is 0 Å². The van der Waals surface area contributed by atoms with Crippen LogP contribution in [0.3, 0.4) is 0 Å². The van der Waals surface area contributed by atoms with Crippen LogP contribution in [-0.2, 0) is 19.5 Å². The van der Waals surface area contributed by atoms with Gasteiger partial charge in [0.15, 0.2) is 5.96 Å². The molecule has 3 rings (SSSR count). The standard InChI is InChI=1S/C18H27N7O.HI/c1-3-9-26-17-8-5-14(10-20-17)11-21-18(19-4-2)24-15-6-7-16-22-13-23-25(16)12-15;/h5,8,10,13,15H,3-4,6-7,9,11-12H2,1-2H3,(H2,19,21,24);1H. The molecule has 1 aliphatic rings. The third-order valence-electron chi connectivity index (χ3n) is 4.16. The van der Waals surface area contributed by atoms with E-state index in [2.05, 4.69) is 44.5 Å². The Hall–Kier alpha value is -1.91. The molecule has 0 aromatic carbocycles. The first-order valence-electron chi connectivity index (χ1n) is 9.27. The van der Waals surface area contributed by atoms with Crippen molar-refractivity contribution in [1.29, 1.82) is 0 Å². The van der Waals surface area contributed by atoms with Crippen LogP contribution in [0.25, 0.3) is 0 Å². The van der Waals surface area contributed by atoms with Gasteiger partial charge in [-0.15, -0.1) is 24.0 Å². The predicted octanol–water partition coefficient (Wildman–Crippen LogP) is 2.15. The number of rotatable bonds is 7. The molecule has 0 amide bonds. The van der Waals surface area contributed by atoms with E-state index in [-0.39, 0.29) is 24.0 Å². The van der Waals surface area contributed by atoms with E-state index in [4.69, 9.17) is 4.74 Å². The molecule has 2 N–H and O–H groups in total. The van der Waals surface area contributed by atoms with Crippen LogP contribution >= 0.6 is 24.0 Å². The van der Waals surface area contributed by atoms with Crippen LogP contribution in [0.1, 0.15) is 38.1 Å². The number of nitrogens with zero attached hydrogens (tertiary/aromatic N) is 5. The monoisotopic (exact) mass is 485 g/mol. The molecule has 0 radical (unpaired) electrons. The predicted molar refractivity (Wildman–Crippen MR) is 116 cm³/mol. The number of nitrogens with one attached hydrogen (secondary N) is 2. The fraction of sp³-hybridized carbons (Fsp3) is 0.556. The maximum atomic E-state index is 5.51. The Morgan fingerprint density at radius 3 is 2.96 bits per heavy atom. The summed E-state index contributed by atoms with van der Waals surface area (Å²) in [5.41, 5.74) is 1.05. The van der Waals surface area contributed by atoms with E-state index in [9.17, 15) is 0 Å². The Kier molecular flexibility index (Phi) is 8.76. The number of guanidine groups is 1. The Morgan fingerprint density at radius 1 is 1.33 bits per heavy atom. The fourth-order valence-corrected chi connectivity index (χ4v) is 2.84. The zero-order chi connectivity index (χ0) is 18.2. The molecule has 0 fully saturated rings. The van der Waals surface area contributed by atoms with Crippen molar-refractivity contribution in [3.05, 3.63) is 36.0 Å². The van der Waals surface area contributed by atoms with Crippen LogP contribution in [-0.4, -0.2) is 44.9 Å². The van der Waals surface area contributed by atoms with E-state index in [0.717, 1.165) is 49.7 Å². The number of pyridine rings is 1. The highest BCUT2D eigenvalue weighted by molar-refractivity contribution is 14.0. The van der Waals surface area contributed by atoms with Crippen molar-refractivity contribution in [3.63, 3.8) is 0 Å². The fourth-order valence-electron chi connectivity index (χ4n) is 2.84. The molecule has 2 aromatic heterocycles. The molecule has 0 saturated carbocycles. The first-order valence-corrected chi connectivity index (χ1v) is 9.27. The largest absolute Gasteiger partial charge is 0.478 e. The van der Waals surface area contributed by atoms with Crippen molar-refractivity contribution in [2.75, 3.05) is 13.2 Å². The third kappa shape index (κ3) is 6.33. The average molecular weight is 485 g/mol. The van der Waals surface area contributed by atoms with Gasteiger partial charge < -0.3 is 15.4 Å². The lowest BCUT2D eigenvalue weighted by Crippen LogP contribution is -2.47. The molecule has 27 heavy (non-hydrogen) atoms. The smallest absolute Gasteiger partial charge is 0.213 e. The average Bonchev–Trinajstić information content (AvgIpc) is 3.13. The molecule has 1 unspecified atom stereocenters. The van der Waals surface area contributed by atoms with Gasteiger partial charge in [-0.05, 0) is 25.3 Å². The minimum Gasteiger partial charge on any atom is -0.478 e. The van der Waals surface area contributed by atoms with Gasteiger partial charge in [0, 0.05) is 31.3 Å². The number of aryl methyl sites for hydroxylation is 1. The molecule has 0 bridgehead atoms. The van der Waals surface area contributed by atoms with E-state index < -0.39 is 0 Å². The summed E-state index contributed by atoms with van der Waals surface area (Å²) in [6.07, 6.45) is 6.37. The second kappa shape index (κ2) is 11.1. The molecule has 9 heteroatoms. The first-order chi connectivity index (χ1) is 12.8. The maximum absolute atomic E-state index is 5.51. The summed E-state index contributed by atoms with van der Waals surface area (Å²) in [7, 11) is 0. The number of halogens is 1. The van der Waals surface area contributed by atoms with Crippen LogP contribution in [0.2, 0.25) is 0 Å². The van der Waals surface area contributed by atoms with Crippen LogP contribution in [0.5, 0.6) is 5.88 Å². The van der Waals surface area contributed by atoms with E-state index >= 15 is 0 Å². The molecule has 8 nitrogen and oxygen atoms in total. The lowest BCUT2D eigenvalue weighted by atomic mass is 10.1. The van der Waals surface area contributed by atoms with Crippen molar-refractivity contribution in [2.24, 2.45) is 4.99 Å². The topological polar surface area (TPSA) is 89.3 Å². The zero-order valence-electron chi connectivity index (χ0n) is 15.9. The SMILES string of the molecule is CCCOc1ccc(CN=C(NCC)NC2CCc3ncnn3C2)cn1.I. The second-order valence-corrected chi connectivity index (χ2v) is 6.29. The molecular formula is C18H28IN7O. The second-order valence-electron chi connectivity index (χ2n) is 6.29. The van der Waals surface area contributed by atoms with E-state index in [1.807, 2.05) is 23.0 Å². The molecule has 148 valence electrons. The van der Waals surface area contributed by atoms with Gasteiger partial charge >= 0.3 is 0 Å². The van der Waals surface area contributed by atoms with E-state index in [1.165, 1.54) is 0 Å². The van der Waals surface area contributed by atoms with Crippen molar-refractivity contribution in [3.8, 4) is 5.88 Å². The summed E-state index contributed by atoms with van der Waals surface area (Å²) < 4.78 is 7.47. The van der Waals surface area contributed by atoms with E-state index in [1.54, 1.807) is 6.33 Å². The maximum Gasteiger partial charge on any atom is 0.213 e. The van der Waals surface area contributed by atoms with Crippen molar-refractivity contribution < 1.29 is 4.74 Å². The van der Waals surface area contributed by atoms with E-state index in [0.29, 0.717) is 25.1 Å². The highest BCUT2D eigenvalue weighted by Crippen LogP contribution is 2.12. The number of ether oxygens (including phenoxy) is 1. The first kappa shape index (κ1) is 21.4. The summed E-state index contributed by atoms with van der Waals surface area (Å²) in [4.78, 5) is 13.3. The summed E-state index contributed by atoms with van der Waals surface area (Å²) in [6, 6.07) is 4.20. The highest BCUT2D eigenvalue weighted by Gasteiger charge is 2.20. The Morgan fingerprint density at radius 2 is 2.22 bits per heavy atom. The molecule has 0 saturated heterocycles. The summed E-state index contributed by atoms with van der Waals surface area (Å²) in [5.74, 6) is 2.53. The number of hydrogen-bond acceptors (Lipinski definition) is 5. The number of fused-ring (bicyclic) bond motifs is 1. The minimum atomic E-state index is 0. The summed E-state index contributed by atoms with van der Waals surface area (Å²) >= 11 is 0. The molecule has 1 aliphatic heterocycles. The molecule has 3 heterocycles. The molecule has 1 atom stereocenters. The highest BCUT2D eigenvalue weighted by atomic mass is 127. The van der Waals surface area contributed by atoms with Gasteiger partial charge in [-0.2, -0.15) is 5.10 Å². The van der Waals surface area contributed by atoms with Gasteiger partial charge in [0.2, 0.25) is 5.88 Å². The van der Waals surface area contributed by atoms with Crippen LogP contribution in [0.4, 0.5) is 0 Å². The summed E-state index contributed by atoms with van der Waals surface area (Å²) in [5, 5.41) is 11.1. The Bertz CT molecular complexity index is 717. The van der Waals surface area contributed by atoms with Crippen molar-refractivity contribution >= 4 is 29.9 Å².